The monoisotopic (exact) mass is 427 g/mol. The van der Waals surface area contributed by atoms with E-state index in [0.29, 0.717) is 41.5 Å². The summed E-state index contributed by atoms with van der Waals surface area (Å²) >= 11 is 6.22. The molecule has 0 radical (unpaired) electrons. The van der Waals surface area contributed by atoms with Crippen molar-refractivity contribution in [3.05, 3.63) is 76.1 Å². The number of ether oxygens (including phenoxy) is 1. The SMILES string of the molecule is Cc1cc(OCC(=O)N(Cc2ccco2)Cc2ccc(C3CC3C)o2)cc(C)c1Cl. The summed E-state index contributed by atoms with van der Waals surface area (Å²) in [6.45, 7) is 6.70. The highest BCUT2D eigenvalue weighted by atomic mass is 35.5. The molecule has 1 aliphatic carbocycles. The number of rotatable bonds is 8. The Kier molecular flexibility index (Phi) is 5.91. The summed E-state index contributed by atoms with van der Waals surface area (Å²) in [6.07, 6.45) is 2.77. The molecule has 2 unspecified atom stereocenters. The van der Waals surface area contributed by atoms with Crippen LogP contribution in [0.25, 0.3) is 0 Å². The second-order valence-electron chi connectivity index (χ2n) is 8.11. The molecule has 4 rings (SSSR count). The van der Waals surface area contributed by atoms with Gasteiger partial charge in [0.1, 0.15) is 23.0 Å². The van der Waals surface area contributed by atoms with Gasteiger partial charge >= 0.3 is 0 Å². The molecule has 0 aliphatic heterocycles. The molecule has 1 aliphatic rings. The Morgan fingerprint density at radius 1 is 1.17 bits per heavy atom. The Morgan fingerprint density at radius 2 is 1.87 bits per heavy atom. The number of benzene rings is 1. The van der Waals surface area contributed by atoms with E-state index < -0.39 is 0 Å². The first-order valence-electron chi connectivity index (χ1n) is 10.2. The topological polar surface area (TPSA) is 55.8 Å². The number of nitrogens with zero attached hydrogens (tertiary/aromatic N) is 1. The van der Waals surface area contributed by atoms with Crippen LogP contribution in [0.15, 0.2) is 51.5 Å². The van der Waals surface area contributed by atoms with E-state index in [1.54, 1.807) is 11.2 Å². The van der Waals surface area contributed by atoms with Crippen LogP contribution in [0.1, 0.15) is 47.7 Å². The standard InChI is InChI=1S/C24H26ClNO4/c1-15-11-21(15)22-7-6-19(30-22)13-26(12-18-5-4-8-28-18)23(27)14-29-20-9-16(2)24(25)17(3)10-20/h4-10,15,21H,11-14H2,1-3H3. The molecule has 2 aromatic heterocycles. The minimum absolute atomic E-state index is 0.0750. The Hall–Kier alpha value is -2.66. The van der Waals surface area contributed by atoms with Crippen molar-refractivity contribution in [1.82, 2.24) is 4.90 Å². The molecule has 1 fully saturated rings. The van der Waals surface area contributed by atoms with Crippen molar-refractivity contribution in [3.8, 4) is 5.75 Å². The Labute approximate surface area is 181 Å². The van der Waals surface area contributed by atoms with Crippen LogP contribution in [0.5, 0.6) is 5.75 Å². The van der Waals surface area contributed by atoms with Crippen LogP contribution in [0, 0.1) is 19.8 Å². The Morgan fingerprint density at radius 3 is 2.50 bits per heavy atom. The predicted octanol–water partition coefficient (Wildman–Crippen LogP) is 5.87. The zero-order valence-corrected chi connectivity index (χ0v) is 18.2. The maximum atomic E-state index is 13.0. The minimum Gasteiger partial charge on any atom is -0.484 e. The van der Waals surface area contributed by atoms with Crippen LogP contribution < -0.4 is 4.74 Å². The molecule has 5 nitrogen and oxygen atoms in total. The van der Waals surface area contributed by atoms with Crippen molar-refractivity contribution in [2.24, 2.45) is 5.92 Å². The minimum atomic E-state index is -0.144. The summed E-state index contributed by atoms with van der Waals surface area (Å²) in [5.41, 5.74) is 1.84. The van der Waals surface area contributed by atoms with Crippen molar-refractivity contribution in [2.75, 3.05) is 6.61 Å². The smallest absolute Gasteiger partial charge is 0.261 e. The van der Waals surface area contributed by atoms with E-state index >= 15 is 0 Å². The normalized spacial score (nSPS) is 17.7. The molecule has 0 N–H and O–H groups in total. The second-order valence-corrected chi connectivity index (χ2v) is 8.49. The third-order valence-corrected chi connectivity index (χ3v) is 6.15. The zero-order chi connectivity index (χ0) is 21.3. The third-order valence-electron chi connectivity index (χ3n) is 5.56. The van der Waals surface area contributed by atoms with Gasteiger partial charge in [0, 0.05) is 10.9 Å². The molecule has 0 bridgehead atoms. The van der Waals surface area contributed by atoms with E-state index in [0.717, 1.165) is 29.1 Å². The van der Waals surface area contributed by atoms with Gasteiger partial charge in [-0.15, -0.1) is 0 Å². The van der Waals surface area contributed by atoms with Crippen molar-refractivity contribution in [1.29, 1.82) is 0 Å². The van der Waals surface area contributed by atoms with E-state index in [9.17, 15) is 4.79 Å². The fourth-order valence-electron chi connectivity index (χ4n) is 3.63. The average Bonchev–Trinajstić information content (AvgIpc) is 3.11. The number of aryl methyl sites for hydroxylation is 2. The van der Waals surface area contributed by atoms with Crippen molar-refractivity contribution in [2.45, 2.75) is 46.2 Å². The second kappa shape index (κ2) is 8.60. The molecule has 1 aromatic carbocycles. The summed E-state index contributed by atoms with van der Waals surface area (Å²) in [5, 5.41) is 0.715. The molecular formula is C24H26ClNO4. The molecule has 0 saturated heterocycles. The average molecular weight is 428 g/mol. The fraction of sp³-hybridized carbons (Fsp3) is 0.375. The predicted molar refractivity (Wildman–Crippen MR) is 115 cm³/mol. The number of carbonyl (C=O) groups excluding carboxylic acids is 1. The largest absolute Gasteiger partial charge is 0.484 e. The molecule has 1 saturated carbocycles. The van der Waals surface area contributed by atoms with Crippen LogP contribution >= 0.6 is 11.6 Å². The highest BCUT2D eigenvalue weighted by Crippen LogP contribution is 2.47. The van der Waals surface area contributed by atoms with E-state index in [2.05, 4.69) is 6.92 Å². The summed E-state index contributed by atoms with van der Waals surface area (Å²) in [5.74, 6) is 4.15. The first-order chi connectivity index (χ1) is 14.4. The third kappa shape index (κ3) is 4.73. The maximum absolute atomic E-state index is 13.0. The number of amides is 1. The van der Waals surface area contributed by atoms with Crippen molar-refractivity contribution >= 4 is 17.5 Å². The lowest BCUT2D eigenvalue weighted by atomic mass is 10.1. The van der Waals surface area contributed by atoms with Gasteiger partial charge in [-0.05, 0) is 73.7 Å². The highest BCUT2D eigenvalue weighted by molar-refractivity contribution is 6.32. The van der Waals surface area contributed by atoms with Crippen LogP contribution in [-0.4, -0.2) is 17.4 Å². The summed E-state index contributed by atoms with van der Waals surface area (Å²) < 4.78 is 17.2. The van der Waals surface area contributed by atoms with Crippen molar-refractivity contribution < 1.29 is 18.4 Å². The number of halogens is 1. The van der Waals surface area contributed by atoms with Gasteiger partial charge in [0.25, 0.3) is 5.91 Å². The molecule has 0 spiro atoms. The Balaban J connectivity index is 1.44. The lowest BCUT2D eigenvalue weighted by Gasteiger charge is -2.21. The van der Waals surface area contributed by atoms with Crippen LogP contribution in [0.3, 0.4) is 0 Å². The van der Waals surface area contributed by atoms with Gasteiger partial charge in [0.15, 0.2) is 6.61 Å². The lowest BCUT2D eigenvalue weighted by Crippen LogP contribution is -2.33. The maximum Gasteiger partial charge on any atom is 0.261 e. The van der Waals surface area contributed by atoms with Gasteiger partial charge in [-0.1, -0.05) is 18.5 Å². The molecule has 6 heteroatoms. The van der Waals surface area contributed by atoms with E-state index in [1.165, 1.54) is 0 Å². The van der Waals surface area contributed by atoms with Crippen LogP contribution in [0.2, 0.25) is 5.02 Å². The summed E-state index contributed by atoms with van der Waals surface area (Å²) in [6, 6.07) is 11.3. The van der Waals surface area contributed by atoms with Crippen LogP contribution in [0.4, 0.5) is 0 Å². The zero-order valence-electron chi connectivity index (χ0n) is 17.5. The van der Waals surface area contributed by atoms with E-state index in [4.69, 9.17) is 25.2 Å². The number of hydrogen-bond donors (Lipinski definition) is 0. The summed E-state index contributed by atoms with van der Waals surface area (Å²) in [7, 11) is 0. The van der Waals surface area contributed by atoms with Gasteiger partial charge in [0.2, 0.25) is 0 Å². The highest BCUT2D eigenvalue weighted by Gasteiger charge is 2.36. The first kappa shape index (κ1) is 20.6. The lowest BCUT2D eigenvalue weighted by molar-refractivity contribution is -0.135. The first-order valence-corrected chi connectivity index (χ1v) is 10.6. The van der Waals surface area contributed by atoms with Gasteiger partial charge in [-0.2, -0.15) is 0 Å². The Bertz CT molecular complexity index is 1000. The van der Waals surface area contributed by atoms with E-state index in [1.807, 2.05) is 50.2 Å². The number of carbonyl (C=O) groups is 1. The van der Waals surface area contributed by atoms with Crippen LogP contribution in [-0.2, 0) is 17.9 Å². The van der Waals surface area contributed by atoms with Crippen molar-refractivity contribution in [3.63, 3.8) is 0 Å². The summed E-state index contributed by atoms with van der Waals surface area (Å²) in [4.78, 5) is 14.7. The molecule has 2 atom stereocenters. The number of hydrogen-bond acceptors (Lipinski definition) is 4. The quantitative estimate of drug-likeness (QED) is 0.450. The molecule has 158 valence electrons. The molecule has 1 amide bonds. The van der Waals surface area contributed by atoms with Gasteiger partial charge in [-0.3, -0.25) is 4.79 Å². The van der Waals surface area contributed by atoms with Gasteiger partial charge < -0.3 is 18.5 Å². The fourth-order valence-corrected chi connectivity index (χ4v) is 3.74. The molecule has 3 aromatic rings. The molecule has 2 heterocycles. The molecule has 30 heavy (non-hydrogen) atoms. The van der Waals surface area contributed by atoms with E-state index in [-0.39, 0.29) is 12.5 Å². The van der Waals surface area contributed by atoms with Gasteiger partial charge in [0.05, 0.1) is 19.4 Å². The molecular weight excluding hydrogens is 402 g/mol. The number of furan rings is 2. The van der Waals surface area contributed by atoms with Gasteiger partial charge in [-0.25, -0.2) is 0 Å².